The van der Waals surface area contributed by atoms with Crippen molar-refractivity contribution in [1.29, 1.82) is 0 Å². The molecule has 0 bridgehead atoms. The highest BCUT2D eigenvalue weighted by molar-refractivity contribution is 6.19. The van der Waals surface area contributed by atoms with Gasteiger partial charge < -0.3 is 9.32 Å². The Bertz CT molecular complexity index is 3250. The van der Waals surface area contributed by atoms with Crippen molar-refractivity contribution in [3.63, 3.8) is 0 Å². The summed E-state index contributed by atoms with van der Waals surface area (Å²) in [6, 6.07) is 76.5. The van der Waals surface area contributed by atoms with E-state index in [0.717, 1.165) is 61.1 Å². The molecule has 0 aliphatic carbocycles. The molecule has 0 spiro atoms. The number of furan rings is 1. The Labute approximate surface area is 325 Å². The fraction of sp³-hybridized carbons (Fsp3) is 0. The standard InChI is InChI=1S/C54H35NO/c1-2-14-36(15-3-1)42-19-8-10-25-50(42)55(51-26-11-9-21-48(51)46-24-12-23-45-41-18-6-4-16-37(41)30-34-47(45)46)40-32-28-39(29-33-40)43-22-13-27-52-53(43)49-35-31-38-17-5-7-20-44(38)54(49)56-52/h1-35H. The number of nitrogens with zero attached hydrogens (tertiary/aromatic N) is 1. The minimum absolute atomic E-state index is 0.896. The van der Waals surface area contributed by atoms with E-state index in [0.29, 0.717) is 0 Å². The number of fused-ring (bicyclic) bond motifs is 8. The molecule has 0 saturated carbocycles. The van der Waals surface area contributed by atoms with E-state index in [4.69, 9.17) is 4.42 Å². The van der Waals surface area contributed by atoms with Crippen molar-refractivity contribution in [3.05, 3.63) is 212 Å². The molecule has 2 heteroatoms. The largest absolute Gasteiger partial charge is 0.455 e. The van der Waals surface area contributed by atoms with Crippen LogP contribution >= 0.6 is 0 Å². The Kier molecular flexibility index (Phi) is 7.53. The van der Waals surface area contributed by atoms with Gasteiger partial charge >= 0.3 is 0 Å². The molecule has 11 aromatic rings. The number of rotatable bonds is 6. The van der Waals surface area contributed by atoms with Crippen molar-refractivity contribution in [1.82, 2.24) is 0 Å². The lowest BCUT2D eigenvalue weighted by molar-refractivity contribution is 0.673. The summed E-state index contributed by atoms with van der Waals surface area (Å²) in [6.45, 7) is 0. The summed E-state index contributed by atoms with van der Waals surface area (Å²) in [5.41, 5.74) is 12.1. The van der Waals surface area contributed by atoms with Gasteiger partial charge in [-0.2, -0.15) is 0 Å². The Morgan fingerprint density at radius 3 is 1.66 bits per heavy atom. The summed E-state index contributed by atoms with van der Waals surface area (Å²) in [4.78, 5) is 2.43. The second-order valence-electron chi connectivity index (χ2n) is 14.4. The monoisotopic (exact) mass is 713 g/mol. The maximum atomic E-state index is 6.56. The fourth-order valence-corrected chi connectivity index (χ4v) is 8.69. The second kappa shape index (κ2) is 13.2. The molecule has 0 N–H and O–H groups in total. The van der Waals surface area contributed by atoms with Crippen molar-refractivity contribution in [3.8, 4) is 33.4 Å². The predicted octanol–water partition coefficient (Wildman–Crippen LogP) is 15.5. The summed E-state index contributed by atoms with van der Waals surface area (Å²) in [5, 5.41) is 9.58. The van der Waals surface area contributed by atoms with Crippen molar-refractivity contribution in [2.45, 2.75) is 0 Å². The average Bonchev–Trinajstić information content (AvgIpc) is 3.67. The Balaban J connectivity index is 1.11. The second-order valence-corrected chi connectivity index (χ2v) is 14.4. The van der Waals surface area contributed by atoms with Crippen LogP contribution in [-0.4, -0.2) is 0 Å². The maximum absolute atomic E-state index is 6.56. The van der Waals surface area contributed by atoms with Crippen LogP contribution in [0.15, 0.2) is 217 Å². The molecule has 11 rings (SSSR count). The van der Waals surface area contributed by atoms with Gasteiger partial charge in [-0.15, -0.1) is 0 Å². The first-order chi connectivity index (χ1) is 27.8. The molecule has 0 aliphatic heterocycles. The Hall–Kier alpha value is -7.42. The summed E-state index contributed by atoms with van der Waals surface area (Å²) in [7, 11) is 0. The molecule has 0 saturated heterocycles. The minimum atomic E-state index is 0.896. The first-order valence-corrected chi connectivity index (χ1v) is 19.2. The van der Waals surface area contributed by atoms with Gasteiger partial charge in [-0.3, -0.25) is 0 Å². The SMILES string of the molecule is c1ccc(-c2ccccc2N(c2ccc(-c3cccc4oc5c6ccccc6ccc5c34)cc2)c2ccccc2-c2cccc3c2ccc2ccccc23)cc1. The van der Waals surface area contributed by atoms with E-state index in [9.17, 15) is 0 Å². The zero-order valence-corrected chi connectivity index (χ0v) is 30.6. The molecule has 262 valence electrons. The van der Waals surface area contributed by atoms with E-state index >= 15 is 0 Å². The molecule has 1 heterocycles. The van der Waals surface area contributed by atoms with E-state index < -0.39 is 0 Å². The molecule has 0 aliphatic rings. The van der Waals surface area contributed by atoms with Gasteiger partial charge in [0.1, 0.15) is 11.2 Å². The van der Waals surface area contributed by atoms with E-state index in [1.807, 2.05) is 0 Å². The van der Waals surface area contributed by atoms with Crippen LogP contribution in [0, 0.1) is 0 Å². The highest BCUT2D eigenvalue weighted by Gasteiger charge is 2.22. The van der Waals surface area contributed by atoms with Gasteiger partial charge in [-0.25, -0.2) is 0 Å². The number of anilines is 3. The van der Waals surface area contributed by atoms with E-state index in [2.05, 4.69) is 217 Å². The molecule has 1 aromatic heterocycles. The summed E-state index contributed by atoms with van der Waals surface area (Å²) < 4.78 is 6.56. The van der Waals surface area contributed by atoms with Gasteiger partial charge in [0.15, 0.2) is 0 Å². The predicted molar refractivity (Wildman–Crippen MR) is 237 cm³/mol. The average molecular weight is 714 g/mol. The van der Waals surface area contributed by atoms with Crippen LogP contribution in [0.3, 0.4) is 0 Å². The number of hydrogen-bond acceptors (Lipinski definition) is 2. The molecule has 10 aromatic carbocycles. The van der Waals surface area contributed by atoms with Gasteiger partial charge in [0, 0.05) is 33.0 Å². The molecule has 0 atom stereocenters. The third-order valence-corrected chi connectivity index (χ3v) is 11.3. The number of benzene rings is 10. The molecular weight excluding hydrogens is 679 g/mol. The Morgan fingerprint density at radius 1 is 0.304 bits per heavy atom. The van der Waals surface area contributed by atoms with Crippen molar-refractivity contribution < 1.29 is 4.42 Å². The number of hydrogen-bond donors (Lipinski definition) is 0. The minimum Gasteiger partial charge on any atom is -0.455 e. The molecule has 0 amide bonds. The lowest BCUT2D eigenvalue weighted by atomic mass is 9.93. The van der Waals surface area contributed by atoms with Crippen molar-refractivity contribution >= 4 is 71.3 Å². The first-order valence-electron chi connectivity index (χ1n) is 19.2. The van der Waals surface area contributed by atoms with Crippen LogP contribution in [0.5, 0.6) is 0 Å². The highest BCUT2D eigenvalue weighted by Crippen LogP contribution is 2.47. The van der Waals surface area contributed by atoms with Gasteiger partial charge in [0.05, 0.1) is 11.4 Å². The molecule has 0 fully saturated rings. The molecule has 0 radical (unpaired) electrons. The summed E-state index contributed by atoms with van der Waals surface area (Å²) in [6.07, 6.45) is 0. The molecule has 2 nitrogen and oxygen atoms in total. The lowest BCUT2D eigenvalue weighted by Gasteiger charge is -2.30. The van der Waals surface area contributed by atoms with E-state index in [1.165, 1.54) is 43.6 Å². The summed E-state index contributed by atoms with van der Waals surface area (Å²) in [5.74, 6) is 0. The smallest absolute Gasteiger partial charge is 0.143 e. The molecule has 56 heavy (non-hydrogen) atoms. The third kappa shape index (κ3) is 5.19. The van der Waals surface area contributed by atoms with E-state index in [-0.39, 0.29) is 0 Å². The normalized spacial score (nSPS) is 11.6. The van der Waals surface area contributed by atoms with Crippen LogP contribution in [0.1, 0.15) is 0 Å². The van der Waals surface area contributed by atoms with Crippen LogP contribution in [0.2, 0.25) is 0 Å². The van der Waals surface area contributed by atoms with Gasteiger partial charge in [0.2, 0.25) is 0 Å². The molecule has 0 unspecified atom stereocenters. The Morgan fingerprint density at radius 2 is 0.857 bits per heavy atom. The van der Waals surface area contributed by atoms with Gasteiger partial charge in [-0.1, -0.05) is 176 Å². The topological polar surface area (TPSA) is 16.4 Å². The van der Waals surface area contributed by atoms with Crippen LogP contribution < -0.4 is 4.90 Å². The van der Waals surface area contributed by atoms with Crippen molar-refractivity contribution in [2.75, 3.05) is 4.90 Å². The van der Waals surface area contributed by atoms with Crippen LogP contribution in [-0.2, 0) is 0 Å². The quantitative estimate of drug-likeness (QED) is 0.160. The van der Waals surface area contributed by atoms with Gasteiger partial charge in [-0.05, 0) is 85.6 Å². The van der Waals surface area contributed by atoms with Crippen LogP contribution in [0.4, 0.5) is 17.1 Å². The van der Waals surface area contributed by atoms with E-state index in [1.54, 1.807) is 0 Å². The zero-order chi connectivity index (χ0) is 37.0. The summed E-state index contributed by atoms with van der Waals surface area (Å²) >= 11 is 0. The van der Waals surface area contributed by atoms with Crippen molar-refractivity contribution in [2.24, 2.45) is 0 Å². The fourth-order valence-electron chi connectivity index (χ4n) is 8.69. The van der Waals surface area contributed by atoms with Gasteiger partial charge in [0.25, 0.3) is 0 Å². The van der Waals surface area contributed by atoms with Crippen LogP contribution in [0.25, 0.3) is 87.6 Å². The highest BCUT2D eigenvalue weighted by atomic mass is 16.3. The lowest BCUT2D eigenvalue weighted by Crippen LogP contribution is -2.12. The third-order valence-electron chi connectivity index (χ3n) is 11.3. The zero-order valence-electron chi connectivity index (χ0n) is 30.6. The number of para-hydroxylation sites is 2. The maximum Gasteiger partial charge on any atom is 0.143 e. The first kappa shape index (κ1) is 32.0. The molecular formula is C54H35NO.